The Bertz CT molecular complexity index is 776. The quantitative estimate of drug-likeness (QED) is 0.717. The van der Waals surface area contributed by atoms with Crippen molar-refractivity contribution in [1.29, 1.82) is 0 Å². The highest BCUT2D eigenvalue weighted by molar-refractivity contribution is 6.28. The smallest absolute Gasteiger partial charge is 0.421 e. The molecule has 142 valence electrons. The second-order valence-corrected chi connectivity index (χ2v) is 6.71. The van der Waals surface area contributed by atoms with Crippen molar-refractivity contribution in [3.05, 3.63) is 28.9 Å². The number of aryl methyl sites for hydroxylation is 1. The van der Waals surface area contributed by atoms with Gasteiger partial charge in [-0.25, -0.2) is 9.97 Å². The molecule has 0 aliphatic heterocycles. The third kappa shape index (κ3) is 4.57. The molecular weight excluding hydrogens is 371 g/mol. The molecule has 1 fully saturated rings. The normalized spacial score (nSPS) is 15.8. The fourth-order valence-electron chi connectivity index (χ4n) is 2.46. The van der Waals surface area contributed by atoms with Gasteiger partial charge in [0.05, 0.1) is 18.8 Å². The van der Waals surface area contributed by atoms with Gasteiger partial charge in [0.15, 0.2) is 5.75 Å². The summed E-state index contributed by atoms with van der Waals surface area (Å²) < 4.78 is 46.7. The Labute approximate surface area is 153 Å². The van der Waals surface area contributed by atoms with E-state index in [4.69, 9.17) is 16.3 Å². The zero-order chi connectivity index (χ0) is 18.9. The van der Waals surface area contributed by atoms with Crippen LogP contribution >= 0.6 is 11.6 Å². The molecule has 1 aliphatic rings. The predicted octanol–water partition coefficient (Wildman–Crippen LogP) is 4.26. The lowest BCUT2D eigenvalue weighted by atomic mass is 10.2. The molecule has 0 aromatic carbocycles. The van der Waals surface area contributed by atoms with Crippen molar-refractivity contribution in [3.8, 4) is 5.75 Å². The van der Waals surface area contributed by atoms with E-state index in [9.17, 15) is 13.2 Å². The van der Waals surface area contributed by atoms with E-state index in [1.807, 2.05) is 17.8 Å². The zero-order valence-electron chi connectivity index (χ0n) is 14.3. The number of rotatable bonds is 7. The van der Waals surface area contributed by atoms with Crippen LogP contribution in [0.3, 0.4) is 0 Å². The standard InChI is InChI=1S/C16H19ClF3N5O/c1-9(22-14-12(16(18,19)20)7-21-15(17)23-14)5-6-26-13-8-25(11-3-4-11)24-10(13)2/h7-9,11H,3-6H2,1-2H3,(H,21,22,23). The van der Waals surface area contributed by atoms with Crippen molar-refractivity contribution in [1.82, 2.24) is 19.7 Å². The van der Waals surface area contributed by atoms with E-state index in [2.05, 4.69) is 20.4 Å². The monoisotopic (exact) mass is 389 g/mol. The lowest BCUT2D eigenvalue weighted by molar-refractivity contribution is -0.137. The molecule has 1 aliphatic carbocycles. The predicted molar refractivity (Wildman–Crippen MR) is 90.5 cm³/mol. The molecule has 1 saturated carbocycles. The molecule has 1 unspecified atom stereocenters. The number of hydrogen-bond donors (Lipinski definition) is 1. The number of aromatic nitrogens is 4. The van der Waals surface area contributed by atoms with Crippen LogP contribution in [-0.4, -0.2) is 32.4 Å². The summed E-state index contributed by atoms with van der Waals surface area (Å²) in [7, 11) is 0. The van der Waals surface area contributed by atoms with Gasteiger partial charge >= 0.3 is 6.18 Å². The van der Waals surface area contributed by atoms with Crippen LogP contribution < -0.4 is 10.1 Å². The van der Waals surface area contributed by atoms with Gasteiger partial charge in [0.1, 0.15) is 17.1 Å². The lowest BCUT2D eigenvalue weighted by Gasteiger charge is -2.18. The van der Waals surface area contributed by atoms with Crippen LogP contribution in [0, 0.1) is 6.92 Å². The van der Waals surface area contributed by atoms with Crippen molar-refractivity contribution >= 4 is 17.4 Å². The van der Waals surface area contributed by atoms with Crippen LogP contribution in [-0.2, 0) is 6.18 Å². The minimum Gasteiger partial charge on any atom is -0.490 e. The molecule has 1 N–H and O–H groups in total. The largest absolute Gasteiger partial charge is 0.490 e. The maximum absolute atomic E-state index is 13.0. The van der Waals surface area contributed by atoms with Crippen molar-refractivity contribution in [3.63, 3.8) is 0 Å². The first-order chi connectivity index (χ1) is 12.2. The molecule has 2 heterocycles. The molecule has 26 heavy (non-hydrogen) atoms. The molecule has 2 aromatic rings. The topological polar surface area (TPSA) is 64.9 Å². The van der Waals surface area contributed by atoms with Crippen LogP contribution in [0.2, 0.25) is 5.28 Å². The van der Waals surface area contributed by atoms with E-state index in [1.54, 1.807) is 6.92 Å². The average molecular weight is 390 g/mol. The number of alkyl halides is 3. The van der Waals surface area contributed by atoms with Gasteiger partial charge in [0, 0.05) is 18.7 Å². The molecule has 10 heteroatoms. The van der Waals surface area contributed by atoms with E-state index in [0.29, 0.717) is 31.0 Å². The Balaban J connectivity index is 1.56. The van der Waals surface area contributed by atoms with Gasteiger partial charge in [0.25, 0.3) is 0 Å². The molecule has 0 bridgehead atoms. The Morgan fingerprint density at radius 2 is 2.15 bits per heavy atom. The molecule has 0 spiro atoms. The Kier molecular flexibility index (Phi) is 5.27. The SMILES string of the molecule is Cc1nn(C2CC2)cc1OCCC(C)Nc1nc(Cl)ncc1C(F)(F)F. The van der Waals surface area contributed by atoms with Crippen molar-refractivity contribution in [2.24, 2.45) is 0 Å². The number of hydrogen-bond acceptors (Lipinski definition) is 5. The van der Waals surface area contributed by atoms with Crippen molar-refractivity contribution in [2.75, 3.05) is 11.9 Å². The fourth-order valence-corrected chi connectivity index (χ4v) is 2.60. The van der Waals surface area contributed by atoms with Gasteiger partial charge in [-0.1, -0.05) is 0 Å². The van der Waals surface area contributed by atoms with Gasteiger partial charge in [-0.15, -0.1) is 0 Å². The summed E-state index contributed by atoms with van der Waals surface area (Å²) in [6, 6.07) is 0.163. The van der Waals surface area contributed by atoms with E-state index in [-0.39, 0.29) is 17.1 Å². The number of halogens is 4. The molecule has 0 amide bonds. The molecule has 6 nitrogen and oxygen atoms in total. The van der Waals surface area contributed by atoms with Crippen molar-refractivity contribution in [2.45, 2.75) is 51.4 Å². The minimum absolute atomic E-state index is 0.243. The number of anilines is 1. The van der Waals surface area contributed by atoms with Gasteiger partial charge in [0.2, 0.25) is 5.28 Å². The van der Waals surface area contributed by atoms with Crippen molar-refractivity contribution < 1.29 is 17.9 Å². The molecule has 0 saturated heterocycles. The van der Waals surface area contributed by atoms with Gasteiger partial charge in [-0.05, 0) is 38.3 Å². The first-order valence-corrected chi connectivity index (χ1v) is 8.66. The van der Waals surface area contributed by atoms with E-state index in [1.165, 1.54) is 0 Å². The highest BCUT2D eigenvalue weighted by Crippen LogP contribution is 2.36. The molecular formula is C16H19ClF3N5O. The first kappa shape index (κ1) is 18.8. The fraction of sp³-hybridized carbons (Fsp3) is 0.562. The summed E-state index contributed by atoms with van der Waals surface area (Å²) in [5.41, 5.74) is -0.143. The summed E-state index contributed by atoms with van der Waals surface area (Å²) in [4.78, 5) is 7.07. The second-order valence-electron chi connectivity index (χ2n) is 6.37. The average Bonchev–Trinajstić information content (AvgIpc) is 3.31. The molecule has 0 radical (unpaired) electrons. The van der Waals surface area contributed by atoms with Crippen LogP contribution in [0.4, 0.5) is 19.0 Å². The summed E-state index contributed by atoms with van der Waals surface area (Å²) >= 11 is 5.62. The molecule has 1 atom stereocenters. The summed E-state index contributed by atoms with van der Waals surface area (Å²) in [6.45, 7) is 3.96. The summed E-state index contributed by atoms with van der Waals surface area (Å²) in [5, 5.41) is 6.90. The first-order valence-electron chi connectivity index (χ1n) is 8.29. The Hall–Kier alpha value is -2.03. The minimum atomic E-state index is -4.56. The Morgan fingerprint density at radius 3 is 2.81 bits per heavy atom. The maximum atomic E-state index is 13.0. The van der Waals surface area contributed by atoms with Crippen LogP contribution in [0.1, 0.15) is 43.5 Å². The number of nitrogens with zero attached hydrogens (tertiary/aromatic N) is 4. The highest BCUT2D eigenvalue weighted by Gasteiger charge is 2.35. The Morgan fingerprint density at radius 1 is 1.42 bits per heavy atom. The third-order valence-corrected chi connectivity index (χ3v) is 4.23. The molecule has 3 rings (SSSR count). The van der Waals surface area contributed by atoms with Gasteiger partial charge < -0.3 is 10.1 Å². The summed E-state index contributed by atoms with van der Waals surface area (Å²) in [5.74, 6) is 0.368. The zero-order valence-corrected chi connectivity index (χ0v) is 15.1. The summed E-state index contributed by atoms with van der Waals surface area (Å²) in [6.07, 6.45) is 0.729. The second kappa shape index (κ2) is 7.30. The highest BCUT2D eigenvalue weighted by atomic mass is 35.5. The lowest BCUT2D eigenvalue weighted by Crippen LogP contribution is -2.22. The van der Waals surface area contributed by atoms with Gasteiger partial charge in [-0.3, -0.25) is 4.68 Å². The van der Waals surface area contributed by atoms with E-state index in [0.717, 1.165) is 18.5 Å². The number of nitrogens with one attached hydrogen (secondary N) is 1. The third-order valence-electron chi connectivity index (χ3n) is 4.05. The van der Waals surface area contributed by atoms with Crippen LogP contribution in [0.15, 0.2) is 12.4 Å². The number of ether oxygens (including phenoxy) is 1. The van der Waals surface area contributed by atoms with Crippen LogP contribution in [0.25, 0.3) is 0 Å². The van der Waals surface area contributed by atoms with E-state index >= 15 is 0 Å². The van der Waals surface area contributed by atoms with Crippen LogP contribution in [0.5, 0.6) is 5.75 Å². The van der Waals surface area contributed by atoms with E-state index < -0.39 is 11.7 Å². The van der Waals surface area contributed by atoms with Gasteiger partial charge in [-0.2, -0.15) is 18.3 Å². The molecule has 2 aromatic heterocycles. The maximum Gasteiger partial charge on any atom is 0.421 e.